The van der Waals surface area contributed by atoms with Crippen LogP contribution < -0.4 is 9.47 Å². The highest BCUT2D eigenvalue weighted by molar-refractivity contribution is 6.10. The highest BCUT2D eigenvalue weighted by Crippen LogP contribution is 2.26. The van der Waals surface area contributed by atoms with E-state index >= 15 is 0 Å². The molecule has 3 rings (SSSR count). The third kappa shape index (κ3) is 7.04. The summed E-state index contributed by atoms with van der Waals surface area (Å²) in [5.74, 6) is 0.600. The number of carbonyl (C=O) groups excluding carboxylic acids is 2. The van der Waals surface area contributed by atoms with Crippen LogP contribution in [0.15, 0.2) is 79.1 Å². The zero-order chi connectivity index (χ0) is 21.9. The summed E-state index contributed by atoms with van der Waals surface area (Å²) in [5.41, 5.74) is 2.18. The molecule has 6 heteroatoms. The van der Waals surface area contributed by atoms with Gasteiger partial charge in [-0.15, -0.1) is 0 Å². The van der Waals surface area contributed by atoms with Gasteiger partial charge in [-0.25, -0.2) is 0 Å². The van der Waals surface area contributed by atoms with Crippen molar-refractivity contribution >= 4 is 23.7 Å². The number of allylic oxidation sites excluding steroid dienone is 2. The van der Waals surface area contributed by atoms with Gasteiger partial charge in [-0.1, -0.05) is 12.1 Å². The first-order valence-electron chi connectivity index (χ1n) is 9.67. The maximum absolute atomic E-state index is 12.1. The van der Waals surface area contributed by atoms with Gasteiger partial charge in [0.1, 0.15) is 18.1 Å². The molecule has 0 fully saturated rings. The molecule has 1 aromatic carbocycles. The van der Waals surface area contributed by atoms with Crippen LogP contribution in [0.1, 0.15) is 23.4 Å². The van der Waals surface area contributed by atoms with E-state index in [2.05, 4.69) is 9.97 Å². The van der Waals surface area contributed by atoms with E-state index in [-0.39, 0.29) is 18.0 Å². The lowest BCUT2D eigenvalue weighted by molar-refractivity contribution is -0.121. The summed E-state index contributed by atoms with van der Waals surface area (Å²) in [6, 6.07) is 16.3. The Bertz CT molecular complexity index is 1080. The topological polar surface area (TPSA) is 78.4 Å². The molecule has 0 saturated carbocycles. The molecule has 0 aliphatic heterocycles. The molecule has 0 saturated heterocycles. The van der Waals surface area contributed by atoms with Crippen molar-refractivity contribution in [3.63, 3.8) is 0 Å². The van der Waals surface area contributed by atoms with Gasteiger partial charge >= 0.3 is 0 Å². The summed E-state index contributed by atoms with van der Waals surface area (Å²) in [6.07, 6.45) is 9.09. The lowest BCUT2D eigenvalue weighted by atomic mass is 10.1. The van der Waals surface area contributed by atoms with Crippen molar-refractivity contribution in [2.24, 2.45) is 0 Å². The van der Waals surface area contributed by atoms with Crippen LogP contribution in [0.3, 0.4) is 0 Å². The van der Waals surface area contributed by atoms with Gasteiger partial charge in [0.15, 0.2) is 11.6 Å². The molecule has 2 heterocycles. The SMILES string of the molecule is COc1cc(OCc2ccccn2)ccc1C=CC(=O)CC(=O)C=Cc1ccccn1. The molecule has 0 aliphatic rings. The fourth-order valence-electron chi connectivity index (χ4n) is 2.68. The number of rotatable bonds is 10. The molecule has 0 unspecified atom stereocenters. The van der Waals surface area contributed by atoms with Gasteiger partial charge < -0.3 is 9.47 Å². The second-order valence-corrected chi connectivity index (χ2v) is 6.54. The van der Waals surface area contributed by atoms with E-state index in [9.17, 15) is 9.59 Å². The number of aromatic nitrogens is 2. The number of hydrogen-bond donors (Lipinski definition) is 0. The summed E-state index contributed by atoms with van der Waals surface area (Å²) < 4.78 is 11.1. The number of nitrogens with zero attached hydrogens (tertiary/aromatic N) is 2. The highest BCUT2D eigenvalue weighted by atomic mass is 16.5. The van der Waals surface area contributed by atoms with E-state index in [0.717, 1.165) is 5.69 Å². The fourth-order valence-corrected chi connectivity index (χ4v) is 2.68. The third-order valence-electron chi connectivity index (χ3n) is 4.24. The molecule has 156 valence electrons. The first-order valence-corrected chi connectivity index (χ1v) is 9.67. The van der Waals surface area contributed by atoms with Crippen LogP contribution >= 0.6 is 0 Å². The first kappa shape index (κ1) is 21.6. The predicted octanol–water partition coefficient (Wildman–Crippen LogP) is 4.32. The summed E-state index contributed by atoms with van der Waals surface area (Å²) in [4.78, 5) is 32.4. The number of hydrogen-bond acceptors (Lipinski definition) is 6. The zero-order valence-corrected chi connectivity index (χ0v) is 17.1. The van der Waals surface area contributed by atoms with Crippen molar-refractivity contribution in [2.45, 2.75) is 13.0 Å². The van der Waals surface area contributed by atoms with E-state index in [1.165, 1.54) is 12.2 Å². The molecule has 0 spiro atoms. The lowest BCUT2D eigenvalue weighted by Crippen LogP contribution is -2.02. The van der Waals surface area contributed by atoms with Crippen LogP contribution in [0.5, 0.6) is 11.5 Å². The van der Waals surface area contributed by atoms with Crippen LogP contribution in [0.25, 0.3) is 12.2 Å². The quantitative estimate of drug-likeness (QED) is 0.363. The van der Waals surface area contributed by atoms with Gasteiger partial charge in [-0.2, -0.15) is 0 Å². The molecule has 6 nitrogen and oxygen atoms in total. The molecule has 3 aromatic rings. The number of carbonyl (C=O) groups is 2. The molecular weight excluding hydrogens is 392 g/mol. The van der Waals surface area contributed by atoms with Crippen LogP contribution in [0.4, 0.5) is 0 Å². The predicted molar refractivity (Wildman–Crippen MR) is 118 cm³/mol. The molecule has 31 heavy (non-hydrogen) atoms. The molecule has 2 aromatic heterocycles. The number of pyridine rings is 2. The Balaban J connectivity index is 1.57. The number of ketones is 2. The van der Waals surface area contributed by atoms with Crippen LogP contribution in [0.2, 0.25) is 0 Å². The average molecular weight is 414 g/mol. The Morgan fingerprint density at radius 3 is 2.32 bits per heavy atom. The Labute approximate surface area is 180 Å². The van der Waals surface area contributed by atoms with Crippen molar-refractivity contribution in [1.82, 2.24) is 9.97 Å². The lowest BCUT2D eigenvalue weighted by Gasteiger charge is -2.09. The van der Waals surface area contributed by atoms with Crippen molar-refractivity contribution in [2.75, 3.05) is 7.11 Å². The molecule has 0 atom stereocenters. The number of benzene rings is 1. The Morgan fingerprint density at radius 1 is 0.903 bits per heavy atom. The van der Waals surface area contributed by atoms with Gasteiger partial charge in [0.2, 0.25) is 0 Å². The van der Waals surface area contributed by atoms with E-state index in [0.29, 0.717) is 29.4 Å². The standard InChI is InChI=1S/C25H22N2O4/c1-30-25-17-24(31-18-21-7-3-5-15-27-21)13-9-19(25)8-11-22(28)16-23(29)12-10-20-6-2-4-14-26-20/h2-15,17H,16,18H2,1H3. The third-order valence-corrected chi connectivity index (χ3v) is 4.24. The monoisotopic (exact) mass is 414 g/mol. The highest BCUT2D eigenvalue weighted by Gasteiger charge is 2.07. The minimum Gasteiger partial charge on any atom is -0.496 e. The smallest absolute Gasteiger partial charge is 0.163 e. The van der Waals surface area contributed by atoms with Crippen LogP contribution in [-0.4, -0.2) is 28.6 Å². The number of ether oxygens (including phenoxy) is 2. The zero-order valence-electron chi connectivity index (χ0n) is 17.1. The van der Waals surface area contributed by atoms with Crippen LogP contribution in [-0.2, 0) is 16.2 Å². The molecule has 0 N–H and O–H groups in total. The molecule has 0 aliphatic carbocycles. The van der Waals surface area contributed by atoms with Crippen LogP contribution in [0, 0.1) is 0 Å². The van der Waals surface area contributed by atoms with Crippen molar-refractivity contribution in [3.05, 3.63) is 96.1 Å². The maximum Gasteiger partial charge on any atom is 0.163 e. The summed E-state index contributed by atoms with van der Waals surface area (Å²) >= 11 is 0. The van der Waals surface area contributed by atoms with Crippen molar-refractivity contribution < 1.29 is 19.1 Å². The summed E-state index contributed by atoms with van der Waals surface area (Å²) in [7, 11) is 1.54. The minimum absolute atomic E-state index is 0.215. The summed E-state index contributed by atoms with van der Waals surface area (Å²) in [5, 5.41) is 0. The number of methoxy groups -OCH3 is 1. The van der Waals surface area contributed by atoms with Crippen molar-refractivity contribution in [1.29, 1.82) is 0 Å². The Morgan fingerprint density at radius 2 is 1.65 bits per heavy atom. The Kier molecular flexibility index (Phi) is 7.83. The van der Waals surface area contributed by atoms with E-state index in [1.54, 1.807) is 62.0 Å². The van der Waals surface area contributed by atoms with E-state index < -0.39 is 0 Å². The molecule has 0 bridgehead atoms. The summed E-state index contributed by atoms with van der Waals surface area (Å²) in [6.45, 7) is 0.339. The second-order valence-electron chi connectivity index (χ2n) is 6.54. The van der Waals surface area contributed by atoms with Crippen molar-refractivity contribution in [3.8, 4) is 11.5 Å². The Hall–Kier alpha value is -4.06. The van der Waals surface area contributed by atoms with Gasteiger partial charge in [0, 0.05) is 24.0 Å². The van der Waals surface area contributed by atoms with Gasteiger partial charge in [0.25, 0.3) is 0 Å². The maximum atomic E-state index is 12.1. The molecular formula is C25H22N2O4. The molecule has 0 radical (unpaired) electrons. The fraction of sp³-hybridized carbons (Fsp3) is 0.120. The average Bonchev–Trinajstić information content (AvgIpc) is 2.81. The van der Waals surface area contributed by atoms with E-state index in [1.807, 2.05) is 24.3 Å². The van der Waals surface area contributed by atoms with Gasteiger partial charge in [-0.05, 0) is 60.7 Å². The van der Waals surface area contributed by atoms with Gasteiger partial charge in [0.05, 0.1) is 24.9 Å². The normalized spacial score (nSPS) is 11.0. The second kappa shape index (κ2) is 11.2. The van der Waals surface area contributed by atoms with Gasteiger partial charge in [-0.3, -0.25) is 19.6 Å². The largest absolute Gasteiger partial charge is 0.496 e. The molecule has 0 amide bonds. The first-order chi connectivity index (χ1) is 15.1. The van der Waals surface area contributed by atoms with E-state index in [4.69, 9.17) is 9.47 Å². The minimum atomic E-state index is -0.298.